The van der Waals surface area contributed by atoms with Gasteiger partial charge < -0.3 is 9.32 Å². The SMILES string of the molecule is CC1(c2ccc3oc4cc(N(c5ccccc5)c5ccc6c(c5)C(c5ccccc5)(c5ccccc5)c5ccccc5-6)ccc4c3c2)c2ccccc2-c2ccccc21. The van der Waals surface area contributed by atoms with E-state index in [1.54, 1.807) is 0 Å². The van der Waals surface area contributed by atoms with Gasteiger partial charge in [-0.05, 0) is 117 Å². The second kappa shape index (κ2) is 12.8. The molecule has 2 heteroatoms. The number of hydrogen-bond donors (Lipinski definition) is 0. The predicted molar refractivity (Wildman–Crippen MR) is 243 cm³/mol. The van der Waals surface area contributed by atoms with Gasteiger partial charge >= 0.3 is 0 Å². The van der Waals surface area contributed by atoms with Crippen LogP contribution in [0, 0.1) is 0 Å². The molecular weight excluding hydrogens is 715 g/mol. The first-order chi connectivity index (χ1) is 29.1. The van der Waals surface area contributed by atoms with Gasteiger partial charge in [0.15, 0.2) is 0 Å². The Hall–Kier alpha value is -7.42. The standard InChI is InChI=1S/C57H39NO/c1-56(50-26-14-11-23-44(50)45-24-12-15-27-51(45)56)40-29-34-54-49(35-40)48-33-31-43(37-55(48)59-54)58(41-21-9-4-10-22-41)42-30-32-47-46-25-13-16-28-52(46)57(53(47)36-42,38-17-5-2-6-18-38)39-19-7-3-8-20-39/h2-37H,1H3. The lowest BCUT2D eigenvalue weighted by Crippen LogP contribution is -2.28. The minimum Gasteiger partial charge on any atom is -0.456 e. The van der Waals surface area contributed by atoms with Crippen LogP contribution in [0.2, 0.25) is 0 Å². The average molecular weight is 754 g/mol. The van der Waals surface area contributed by atoms with Crippen LogP contribution in [0.4, 0.5) is 17.1 Å². The van der Waals surface area contributed by atoms with E-state index in [0.717, 1.165) is 39.0 Å². The Bertz CT molecular complexity index is 3150. The Morgan fingerprint density at radius 2 is 0.847 bits per heavy atom. The van der Waals surface area contributed by atoms with Gasteiger partial charge in [-0.25, -0.2) is 0 Å². The fourth-order valence-corrected chi connectivity index (χ4v) is 10.6. The largest absolute Gasteiger partial charge is 0.456 e. The molecule has 2 nitrogen and oxygen atoms in total. The molecule has 0 radical (unpaired) electrons. The maximum absolute atomic E-state index is 6.74. The van der Waals surface area contributed by atoms with E-state index >= 15 is 0 Å². The minimum absolute atomic E-state index is 0.281. The van der Waals surface area contributed by atoms with Crippen molar-refractivity contribution in [1.82, 2.24) is 0 Å². The molecule has 0 saturated carbocycles. The zero-order chi connectivity index (χ0) is 39.1. The molecule has 0 atom stereocenters. The molecule has 9 aromatic carbocycles. The molecule has 10 aromatic rings. The van der Waals surface area contributed by atoms with Crippen LogP contribution in [0.1, 0.15) is 45.9 Å². The topological polar surface area (TPSA) is 16.4 Å². The van der Waals surface area contributed by atoms with Gasteiger partial charge in [0.05, 0.1) is 5.41 Å². The Labute approximate surface area is 344 Å². The molecule has 2 aliphatic rings. The summed E-state index contributed by atoms with van der Waals surface area (Å²) >= 11 is 0. The van der Waals surface area contributed by atoms with Crippen LogP contribution in [-0.2, 0) is 10.8 Å². The lowest BCUT2D eigenvalue weighted by atomic mass is 9.67. The zero-order valence-electron chi connectivity index (χ0n) is 32.6. The smallest absolute Gasteiger partial charge is 0.137 e. The van der Waals surface area contributed by atoms with Gasteiger partial charge in [0, 0.05) is 39.3 Å². The van der Waals surface area contributed by atoms with E-state index in [1.165, 1.54) is 61.2 Å². The highest BCUT2D eigenvalue weighted by molar-refractivity contribution is 6.07. The maximum atomic E-state index is 6.74. The Morgan fingerprint density at radius 1 is 0.339 bits per heavy atom. The maximum Gasteiger partial charge on any atom is 0.137 e. The summed E-state index contributed by atoms with van der Waals surface area (Å²) in [6.45, 7) is 2.37. The first-order valence-corrected chi connectivity index (χ1v) is 20.5. The molecule has 0 bridgehead atoms. The first kappa shape index (κ1) is 33.7. The number of furan rings is 1. The Balaban J connectivity index is 1.03. The summed E-state index contributed by atoms with van der Waals surface area (Å²) in [4.78, 5) is 2.37. The van der Waals surface area contributed by atoms with Crippen molar-refractivity contribution in [3.8, 4) is 22.3 Å². The number of para-hydroxylation sites is 1. The van der Waals surface area contributed by atoms with Crippen molar-refractivity contribution in [2.75, 3.05) is 4.90 Å². The zero-order valence-corrected chi connectivity index (χ0v) is 32.6. The van der Waals surface area contributed by atoms with E-state index in [4.69, 9.17) is 4.42 Å². The number of rotatable bonds is 6. The van der Waals surface area contributed by atoms with E-state index in [-0.39, 0.29) is 5.41 Å². The normalized spacial score (nSPS) is 14.1. The molecule has 0 fully saturated rings. The summed E-state index contributed by atoms with van der Waals surface area (Å²) in [6, 6.07) is 79.9. The average Bonchev–Trinajstić information content (AvgIpc) is 3.91. The number of hydrogen-bond acceptors (Lipinski definition) is 2. The van der Waals surface area contributed by atoms with Crippen LogP contribution >= 0.6 is 0 Å². The third-order valence-corrected chi connectivity index (χ3v) is 13.2. The highest BCUT2D eigenvalue weighted by Gasteiger charge is 2.46. The highest BCUT2D eigenvalue weighted by Crippen LogP contribution is 2.58. The Morgan fingerprint density at radius 3 is 1.49 bits per heavy atom. The van der Waals surface area contributed by atoms with E-state index in [0.29, 0.717) is 0 Å². The van der Waals surface area contributed by atoms with Crippen LogP contribution < -0.4 is 4.90 Å². The molecule has 0 spiro atoms. The second-order valence-electron chi connectivity index (χ2n) is 16.1. The van der Waals surface area contributed by atoms with Crippen LogP contribution in [-0.4, -0.2) is 0 Å². The third kappa shape index (κ3) is 4.75. The van der Waals surface area contributed by atoms with Gasteiger partial charge in [-0.3, -0.25) is 0 Å². The molecule has 0 N–H and O–H groups in total. The van der Waals surface area contributed by atoms with Gasteiger partial charge in [0.1, 0.15) is 11.2 Å². The highest BCUT2D eigenvalue weighted by atomic mass is 16.3. The number of nitrogens with zero attached hydrogens (tertiary/aromatic N) is 1. The monoisotopic (exact) mass is 753 g/mol. The quantitative estimate of drug-likeness (QED) is 0.168. The molecule has 0 unspecified atom stereocenters. The molecule has 12 rings (SSSR count). The molecule has 0 aliphatic heterocycles. The fourth-order valence-electron chi connectivity index (χ4n) is 10.6. The first-order valence-electron chi connectivity index (χ1n) is 20.5. The molecule has 2 aliphatic carbocycles. The van der Waals surface area contributed by atoms with Gasteiger partial charge in [0.2, 0.25) is 0 Å². The summed E-state index contributed by atoms with van der Waals surface area (Å²) in [5.41, 5.74) is 18.4. The molecular formula is C57H39NO. The van der Waals surface area contributed by atoms with Gasteiger partial charge in [0.25, 0.3) is 0 Å². The summed E-state index contributed by atoms with van der Waals surface area (Å²) in [6.07, 6.45) is 0. The molecule has 278 valence electrons. The molecule has 59 heavy (non-hydrogen) atoms. The number of anilines is 3. The second-order valence-corrected chi connectivity index (χ2v) is 16.1. The number of fused-ring (bicyclic) bond motifs is 9. The summed E-state index contributed by atoms with van der Waals surface area (Å²) in [5.74, 6) is 0. The van der Waals surface area contributed by atoms with E-state index in [2.05, 4.69) is 230 Å². The van der Waals surface area contributed by atoms with Crippen molar-refractivity contribution in [3.63, 3.8) is 0 Å². The molecule has 1 heterocycles. The molecule has 1 aromatic heterocycles. The van der Waals surface area contributed by atoms with Crippen molar-refractivity contribution < 1.29 is 4.42 Å². The minimum atomic E-state index is -0.496. The van der Waals surface area contributed by atoms with Gasteiger partial charge in [-0.2, -0.15) is 0 Å². The molecule has 0 amide bonds. The van der Waals surface area contributed by atoms with Crippen molar-refractivity contribution in [2.45, 2.75) is 17.8 Å². The van der Waals surface area contributed by atoms with Crippen LogP contribution in [0.5, 0.6) is 0 Å². The number of benzene rings is 9. The summed E-state index contributed by atoms with van der Waals surface area (Å²) < 4.78 is 6.74. The van der Waals surface area contributed by atoms with Crippen molar-refractivity contribution in [2.24, 2.45) is 0 Å². The van der Waals surface area contributed by atoms with Gasteiger partial charge in [-0.1, -0.05) is 164 Å². The summed E-state index contributed by atoms with van der Waals surface area (Å²) in [7, 11) is 0. The lowest BCUT2D eigenvalue weighted by Gasteiger charge is -2.35. The van der Waals surface area contributed by atoms with Crippen LogP contribution in [0.3, 0.4) is 0 Å². The van der Waals surface area contributed by atoms with Crippen molar-refractivity contribution in [1.29, 1.82) is 0 Å². The van der Waals surface area contributed by atoms with Crippen molar-refractivity contribution >= 4 is 39.0 Å². The fraction of sp³-hybridized carbons (Fsp3) is 0.0526. The lowest BCUT2D eigenvalue weighted by molar-refractivity contribution is 0.667. The van der Waals surface area contributed by atoms with E-state index < -0.39 is 5.41 Å². The molecule has 0 saturated heterocycles. The Kier molecular flexibility index (Phi) is 7.31. The predicted octanol–water partition coefficient (Wildman–Crippen LogP) is 14.8. The van der Waals surface area contributed by atoms with Gasteiger partial charge in [-0.15, -0.1) is 0 Å². The summed E-state index contributed by atoms with van der Waals surface area (Å²) in [5, 5.41) is 2.24. The van der Waals surface area contributed by atoms with Crippen LogP contribution in [0.25, 0.3) is 44.2 Å². The van der Waals surface area contributed by atoms with E-state index in [1.807, 2.05) is 0 Å². The van der Waals surface area contributed by atoms with Crippen molar-refractivity contribution in [3.05, 3.63) is 257 Å². The van der Waals surface area contributed by atoms with E-state index in [9.17, 15) is 0 Å². The third-order valence-electron chi connectivity index (χ3n) is 13.2. The van der Waals surface area contributed by atoms with Crippen LogP contribution in [0.15, 0.2) is 223 Å².